The first-order valence-corrected chi connectivity index (χ1v) is 4.62. The molecule has 0 bridgehead atoms. The number of epoxide rings is 1. The van der Waals surface area contributed by atoms with Crippen molar-refractivity contribution in [1.29, 1.82) is 0 Å². The van der Waals surface area contributed by atoms with E-state index in [-0.39, 0.29) is 6.61 Å². The third-order valence-corrected chi connectivity index (χ3v) is 1.58. The van der Waals surface area contributed by atoms with Gasteiger partial charge in [-0.25, -0.2) is 0 Å². The first-order valence-electron chi connectivity index (χ1n) is 2.61. The zero-order valence-corrected chi connectivity index (χ0v) is 5.96. The molecule has 1 saturated heterocycles. The summed E-state index contributed by atoms with van der Waals surface area (Å²) in [5.74, 6) is 0. The highest BCUT2D eigenvalue weighted by atomic mass is 32.5. The Morgan fingerprint density at radius 1 is 1.18 bits per heavy atom. The molecule has 0 aromatic heterocycles. The van der Waals surface area contributed by atoms with Crippen molar-refractivity contribution in [1.82, 2.24) is 0 Å². The number of ether oxygens (including phenoxy) is 1. The molecular formula is C4H5F5OS. The fourth-order valence-corrected chi connectivity index (χ4v) is 0.875. The van der Waals surface area contributed by atoms with Crippen molar-refractivity contribution >= 4 is 10.2 Å². The van der Waals surface area contributed by atoms with Gasteiger partial charge in [0.15, 0.2) is 0 Å². The lowest BCUT2D eigenvalue weighted by molar-refractivity contribution is 0.383. The van der Waals surface area contributed by atoms with Crippen LogP contribution in [0, 0.1) is 0 Å². The van der Waals surface area contributed by atoms with Crippen LogP contribution >= 0.6 is 10.2 Å². The molecule has 1 aliphatic heterocycles. The van der Waals surface area contributed by atoms with Crippen LogP contribution in [0.4, 0.5) is 19.4 Å². The van der Waals surface area contributed by atoms with Crippen molar-refractivity contribution in [3.05, 3.63) is 11.5 Å². The van der Waals surface area contributed by atoms with E-state index >= 15 is 0 Å². The lowest BCUT2D eigenvalue weighted by atomic mass is 10.5. The van der Waals surface area contributed by atoms with E-state index < -0.39 is 21.7 Å². The van der Waals surface area contributed by atoms with Gasteiger partial charge in [0.1, 0.15) is 6.10 Å². The minimum atomic E-state index is -9.32. The molecule has 0 aromatic rings. The number of halogens is 5. The van der Waals surface area contributed by atoms with E-state index in [1.807, 2.05) is 0 Å². The van der Waals surface area contributed by atoms with Crippen LogP contribution in [-0.4, -0.2) is 12.7 Å². The normalized spacial score (nSPS) is 31.5. The maximum atomic E-state index is 11.5. The van der Waals surface area contributed by atoms with Crippen molar-refractivity contribution in [3.8, 4) is 0 Å². The summed E-state index contributed by atoms with van der Waals surface area (Å²) in [4.78, 5) is 0. The van der Waals surface area contributed by atoms with Gasteiger partial charge in [-0.2, -0.15) is 0 Å². The molecule has 1 fully saturated rings. The van der Waals surface area contributed by atoms with Crippen LogP contribution in [0.5, 0.6) is 0 Å². The fourth-order valence-electron chi connectivity index (χ4n) is 0.403. The van der Waals surface area contributed by atoms with Crippen LogP contribution in [-0.2, 0) is 4.74 Å². The van der Waals surface area contributed by atoms with Gasteiger partial charge in [-0.15, -0.1) is 0 Å². The second-order valence-corrected chi connectivity index (χ2v) is 4.56. The molecular weight excluding hydrogens is 191 g/mol. The van der Waals surface area contributed by atoms with Gasteiger partial charge < -0.3 is 4.74 Å². The summed E-state index contributed by atoms with van der Waals surface area (Å²) in [6, 6.07) is 0. The van der Waals surface area contributed by atoms with E-state index in [1.54, 1.807) is 0 Å². The number of hydrogen-bond donors (Lipinski definition) is 0. The monoisotopic (exact) mass is 196 g/mol. The van der Waals surface area contributed by atoms with Crippen molar-refractivity contribution < 1.29 is 24.2 Å². The molecule has 1 nitrogen and oxygen atoms in total. The quantitative estimate of drug-likeness (QED) is 0.488. The smallest absolute Gasteiger partial charge is 0.304 e. The first-order chi connectivity index (χ1) is 4.55. The predicted octanol–water partition coefficient (Wildman–Crippen LogP) is 3.20. The van der Waals surface area contributed by atoms with Gasteiger partial charge in [0, 0.05) is 0 Å². The van der Waals surface area contributed by atoms with Gasteiger partial charge in [0.25, 0.3) is 0 Å². The molecule has 0 amide bonds. The number of hydrogen-bond acceptors (Lipinski definition) is 1. The topological polar surface area (TPSA) is 12.5 Å². The Morgan fingerprint density at radius 2 is 1.64 bits per heavy atom. The average molecular weight is 196 g/mol. The summed E-state index contributed by atoms with van der Waals surface area (Å²) in [6.45, 7) is 0.0876. The molecule has 1 unspecified atom stereocenters. The van der Waals surface area contributed by atoms with Gasteiger partial charge in [0.2, 0.25) is 0 Å². The zero-order chi connectivity index (χ0) is 8.81. The molecule has 0 aliphatic carbocycles. The number of rotatable bonds is 2. The van der Waals surface area contributed by atoms with Crippen molar-refractivity contribution in [3.63, 3.8) is 0 Å². The Labute approximate surface area is 59.6 Å². The molecule has 0 N–H and O–H groups in total. The van der Waals surface area contributed by atoms with Gasteiger partial charge >= 0.3 is 10.2 Å². The molecule has 1 aliphatic rings. The highest BCUT2D eigenvalue weighted by Crippen LogP contribution is 2.99. The third kappa shape index (κ3) is 5.02. The second-order valence-electron chi connectivity index (χ2n) is 2.23. The van der Waals surface area contributed by atoms with Crippen molar-refractivity contribution in [2.75, 3.05) is 6.61 Å². The zero-order valence-electron chi connectivity index (χ0n) is 5.15. The van der Waals surface area contributed by atoms with E-state index in [9.17, 15) is 19.4 Å². The van der Waals surface area contributed by atoms with Crippen LogP contribution in [0.25, 0.3) is 0 Å². The minimum absolute atomic E-state index is 0.0876. The minimum Gasteiger partial charge on any atom is -0.369 e. The van der Waals surface area contributed by atoms with Crippen molar-refractivity contribution in [2.45, 2.75) is 6.10 Å². The Balaban J connectivity index is 2.73. The standard InChI is InChI=1S/C4H5F5OS/c5-11(6,7,8,9)2-1-4-3-10-4/h1-2,4H,3H2/b2-1+. The highest BCUT2D eigenvalue weighted by molar-refractivity contribution is 8.48. The molecule has 0 aromatic carbocycles. The average Bonchev–Trinajstić information content (AvgIpc) is 2.34. The summed E-state index contributed by atoms with van der Waals surface area (Å²) in [6.07, 6.45) is -0.444. The predicted molar refractivity (Wildman–Crippen MR) is 32.0 cm³/mol. The molecule has 11 heavy (non-hydrogen) atoms. The van der Waals surface area contributed by atoms with E-state index in [0.29, 0.717) is 6.08 Å². The third-order valence-electron chi connectivity index (χ3n) is 0.910. The molecule has 1 atom stereocenters. The second kappa shape index (κ2) is 1.56. The summed E-state index contributed by atoms with van der Waals surface area (Å²) < 4.78 is 61.6. The summed E-state index contributed by atoms with van der Waals surface area (Å²) in [5.41, 5.74) is 0. The van der Waals surface area contributed by atoms with Crippen LogP contribution < -0.4 is 0 Å². The van der Waals surface area contributed by atoms with Crippen LogP contribution in [0.3, 0.4) is 0 Å². The van der Waals surface area contributed by atoms with E-state index in [2.05, 4.69) is 4.74 Å². The van der Waals surface area contributed by atoms with Gasteiger partial charge in [-0.05, 0) is 6.08 Å². The SMILES string of the molecule is FS(F)(F)(F)(F)/C=C/C1CO1. The summed E-state index contributed by atoms with van der Waals surface area (Å²) >= 11 is 0. The van der Waals surface area contributed by atoms with E-state index in [0.717, 1.165) is 0 Å². The molecule has 68 valence electrons. The molecule has 0 radical (unpaired) electrons. The van der Waals surface area contributed by atoms with E-state index in [1.165, 1.54) is 0 Å². The van der Waals surface area contributed by atoms with Gasteiger partial charge in [-0.1, -0.05) is 19.4 Å². The Morgan fingerprint density at radius 3 is 1.91 bits per heavy atom. The molecule has 1 heterocycles. The lowest BCUT2D eigenvalue weighted by Gasteiger charge is -2.36. The largest absolute Gasteiger partial charge is 0.369 e. The van der Waals surface area contributed by atoms with Crippen molar-refractivity contribution in [2.24, 2.45) is 0 Å². The molecule has 0 spiro atoms. The molecule has 0 saturated carbocycles. The van der Waals surface area contributed by atoms with Crippen LogP contribution in [0.2, 0.25) is 0 Å². The highest BCUT2D eigenvalue weighted by Gasteiger charge is 2.60. The molecule has 7 heteroatoms. The Hall–Kier alpha value is -0.300. The Kier molecular flexibility index (Phi) is 1.25. The van der Waals surface area contributed by atoms with Crippen LogP contribution in [0.1, 0.15) is 0 Å². The lowest BCUT2D eigenvalue weighted by Crippen LogP contribution is -1.99. The fraction of sp³-hybridized carbons (Fsp3) is 0.500. The summed E-state index contributed by atoms with van der Waals surface area (Å²) in [7, 11) is -9.32. The first kappa shape index (κ1) is 8.79. The van der Waals surface area contributed by atoms with Gasteiger partial charge in [-0.3, -0.25) is 0 Å². The van der Waals surface area contributed by atoms with E-state index in [4.69, 9.17) is 0 Å². The molecule has 1 rings (SSSR count). The Bertz CT molecular complexity index is 198. The summed E-state index contributed by atoms with van der Waals surface area (Å²) in [5, 5.41) is -0.975. The maximum Gasteiger partial charge on any atom is 0.304 e. The maximum absolute atomic E-state index is 11.5. The van der Waals surface area contributed by atoms with Gasteiger partial charge in [0.05, 0.1) is 12.0 Å². The van der Waals surface area contributed by atoms with Crippen LogP contribution in [0.15, 0.2) is 11.5 Å².